The number of rotatable bonds is 7. The highest BCUT2D eigenvalue weighted by Gasteiger charge is 2.19. The van der Waals surface area contributed by atoms with Crippen molar-refractivity contribution < 1.29 is 13.5 Å². The van der Waals surface area contributed by atoms with E-state index in [1.54, 1.807) is 17.0 Å². The first-order chi connectivity index (χ1) is 19.0. The van der Waals surface area contributed by atoms with Gasteiger partial charge in [0.15, 0.2) is 0 Å². The molecule has 2 fully saturated rings. The zero-order chi connectivity index (χ0) is 26.8. The van der Waals surface area contributed by atoms with Crippen LogP contribution in [0.25, 0.3) is 16.7 Å². The molecule has 6 rings (SSSR count). The van der Waals surface area contributed by atoms with Gasteiger partial charge < -0.3 is 19.9 Å². The molecule has 2 N–H and O–H groups in total. The van der Waals surface area contributed by atoms with Crippen molar-refractivity contribution >= 4 is 22.7 Å². The molecule has 0 bridgehead atoms. The molecule has 0 unspecified atom stereocenters. The number of hydrogen-bond donors (Lipinski definition) is 2. The Morgan fingerprint density at radius 2 is 1.69 bits per heavy atom. The molecule has 39 heavy (non-hydrogen) atoms. The van der Waals surface area contributed by atoms with Gasteiger partial charge in [0.2, 0.25) is 5.95 Å². The van der Waals surface area contributed by atoms with Gasteiger partial charge in [-0.2, -0.15) is 4.98 Å². The van der Waals surface area contributed by atoms with Gasteiger partial charge in [0.1, 0.15) is 17.3 Å². The van der Waals surface area contributed by atoms with E-state index in [0.29, 0.717) is 43.6 Å². The molecular weight excluding hydrogens is 500 g/mol. The van der Waals surface area contributed by atoms with Crippen molar-refractivity contribution in [3.8, 4) is 5.69 Å². The van der Waals surface area contributed by atoms with Crippen LogP contribution in [0, 0.1) is 18.6 Å². The van der Waals surface area contributed by atoms with Gasteiger partial charge in [-0.3, -0.25) is 9.80 Å². The standard InChI is InChI=1S/C29H33F2N7O/c1-20-2-3-23(14-22(20)18-36-8-5-32-6-9-36)34-29-33-17-21-4-7-38(28(21)35-29)24-15-26(30)25(27(31)16-24)19-37-10-12-39-13-11-37/h2-4,7,14-17,32H,5-6,8-13,18-19H2,1H3,(H,33,34,35). The molecule has 2 aromatic carbocycles. The normalized spacial score (nSPS) is 17.1. The van der Waals surface area contributed by atoms with Crippen LogP contribution in [0.15, 0.2) is 48.8 Å². The Morgan fingerprint density at radius 3 is 2.46 bits per heavy atom. The van der Waals surface area contributed by atoms with Gasteiger partial charge in [0.25, 0.3) is 0 Å². The largest absolute Gasteiger partial charge is 0.379 e. The lowest BCUT2D eigenvalue weighted by atomic mass is 10.1. The van der Waals surface area contributed by atoms with E-state index in [-0.39, 0.29) is 12.1 Å². The maximum absolute atomic E-state index is 15.1. The van der Waals surface area contributed by atoms with Gasteiger partial charge in [0.05, 0.1) is 18.9 Å². The molecule has 2 saturated heterocycles. The second-order valence-corrected chi connectivity index (χ2v) is 10.2. The Hall–Kier alpha value is -3.44. The number of morpholine rings is 1. The van der Waals surface area contributed by atoms with Crippen molar-refractivity contribution in [3.63, 3.8) is 0 Å². The van der Waals surface area contributed by atoms with Crippen LogP contribution in [0.2, 0.25) is 0 Å². The van der Waals surface area contributed by atoms with E-state index >= 15 is 8.78 Å². The van der Waals surface area contributed by atoms with Crippen molar-refractivity contribution in [1.29, 1.82) is 0 Å². The molecule has 0 saturated carbocycles. The van der Waals surface area contributed by atoms with Crippen LogP contribution in [0.4, 0.5) is 20.4 Å². The highest BCUT2D eigenvalue weighted by Crippen LogP contribution is 2.26. The summed E-state index contributed by atoms with van der Waals surface area (Å²) < 4.78 is 37.2. The lowest BCUT2D eigenvalue weighted by molar-refractivity contribution is 0.0332. The van der Waals surface area contributed by atoms with Crippen molar-refractivity contribution in [2.75, 3.05) is 57.8 Å². The summed E-state index contributed by atoms with van der Waals surface area (Å²) in [5.41, 5.74) is 4.42. The molecule has 204 valence electrons. The second-order valence-electron chi connectivity index (χ2n) is 10.2. The van der Waals surface area contributed by atoms with E-state index in [1.807, 2.05) is 17.0 Å². The molecule has 0 aliphatic carbocycles. The summed E-state index contributed by atoms with van der Waals surface area (Å²) in [6, 6.07) is 10.8. The van der Waals surface area contributed by atoms with Gasteiger partial charge in [-0.15, -0.1) is 0 Å². The molecule has 4 heterocycles. The van der Waals surface area contributed by atoms with Gasteiger partial charge in [-0.1, -0.05) is 6.07 Å². The maximum atomic E-state index is 15.1. The van der Waals surface area contributed by atoms with Crippen LogP contribution >= 0.6 is 0 Å². The zero-order valence-corrected chi connectivity index (χ0v) is 22.1. The first-order valence-electron chi connectivity index (χ1n) is 13.5. The van der Waals surface area contributed by atoms with E-state index in [9.17, 15) is 0 Å². The fraction of sp³-hybridized carbons (Fsp3) is 0.379. The van der Waals surface area contributed by atoms with Crippen LogP contribution in [0.1, 0.15) is 16.7 Å². The summed E-state index contributed by atoms with van der Waals surface area (Å²) in [6.07, 6.45) is 3.48. The highest BCUT2D eigenvalue weighted by atomic mass is 19.1. The van der Waals surface area contributed by atoms with E-state index in [0.717, 1.165) is 43.8 Å². The number of nitrogens with zero attached hydrogens (tertiary/aromatic N) is 5. The summed E-state index contributed by atoms with van der Waals surface area (Å²) in [5, 5.41) is 7.49. The van der Waals surface area contributed by atoms with Crippen molar-refractivity contribution in [3.05, 3.63) is 77.1 Å². The first kappa shape index (κ1) is 25.8. The summed E-state index contributed by atoms with van der Waals surface area (Å²) in [4.78, 5) is 13.6. The van der Waals surface area contributed by atoms with Crippen LogP contribution in [-0.4, -0.2) is 76.8 Å². The van der Waals surface area contributed by atoms with Crippen molar-refractivity contribution in [2.45, 2.75) is 20.0 Å². The summed E-state index contributed by atoms with van der Waals surface area (Å²) in [7, 11) is 0. The number of anilines is 2. The number of piperazine rings is 1. The zero-order valence-electron chi connectivity index (χ0n) is 22.1. The van der Waals surface area contributed by atoms with Crippen LogP contribution in [0.5, 0.6) is 0 Å². The van der Waals surface area contributed by atoms with Gasteiger partial charge >= 0.3 is 0 Å². The van der Waals surface area contributed by atoms with Gasteiger partial charge in [0, 0.05) is 81.4 Å². The third-order valence-electron chi connectivity index (χ3n) is 7.53. The third-order valence-corrected chi connectivity index (χ3v) is 7.53. The fourth-order valence-electron chi connectivity index (χ4n) is 5.21. The minimum atomic E-state index is -0.567. The minimum absolute atomic E-state index is 0.0742. The summed E-state index contributed by atoms with van der Waals surface area (Å²) in [5.74, 6) is -0.714. The monoisotopic (exact) mass is 533 g/mol. The Balaban J connectivity index is 1.24. The Bertz CT molecular complexity index is 1440. The molecule has 2 aromatic heterocycles. The number of ether oxygens (including phenoxy) is 1. The molecule has 0 atom stereocenters. The molecule has 10 heteroatoms. The predicted molar refractivity (Wildman–Crippen MR) is 147 cm³/mol. The molecule has 0 radical (unpaired) electrons. The van der Waals surface area contributed by atoms with Crippen LogP contribution in [-0.2, 0) is 17.8 Å². The maximum Gasteiger partial charge on any atom is 0.229 e. The number of benzene rings is 2. The Morgan fingerprint density at radius 1 is 0.949 bits per heavy atom. The lowest BCUT2D eigenvalue weighted by Crippen LogP contribution is -2.43. The van der Waals surface area contributed by atoms with E-state index in [4.69, 9.17) is 9.72 Å². The molecule has 0 amide bonds. The number of hydrogen-bond acceptors (Lipinski definition) is 7. The predicted octanol–water partition coefficient (Wildman–Crippen LogP) is 3.99. The summed E-state index contributed by atoms with van der Waals surface area (Å²) in [6.45, 7) is 9.79. The highest BCUT2D eigenvalue weighted by molar-refractivity contribution is 5.79. The number of aromatic nitrogens is 3. The first-order valence-corrected chi connectivity index (χ1v) is 13.5. The van der Waals surface area contributed by atoms with Crippen molar-refractivity contribution in [2.24, 2.45) is 0 Å². The molecule has 0 spiro atoms. The average molecular weight is 534 g/mol. The molecule has 4 aromatic rings. The Kier molecular flexibility index (Phi) is 7.51. The fourth-order valence-corrected chi connectivity index (χ4v) is 5.21. The summed E-state index contributed by atoms with van der Waals surface area (Å²) >= 11 is 0. The Labute approximate surface area is 226 Å². The lowest BCUT2D eigenvalue weighted by Gasteiger charge is -2.28. The minimum Gasteiger partial charge on any atom is -0.379 e. The quantitative estimate of drug-likeness (QED) is 0.372. The van der Waals surface area contributed by atoms with Crippen LogP contribution in [0.3, 0.4) is 0 Å². The molecule has 2 aliphatic rings. The number of halogens is 2. The number of aryl methyl sites for hydroxylation is 1. The number of fused-ring (bicyclic) bond motifs is 1. The molecule has 2 aliphatic heterocycles. The third kappa shape index (κ3) is 5.79. The van der Waals surface area contributed by atoms with Gasteiger partial charge in [-0.05, 0) is 48.4 Å². The second kappa shape index (κ2) is 11.4. The smallest absolute Gasteiger partial charge is 0.229 e. The topological polar surface area (TPSA) is 70.5 Å². The molecular formula is C29H33F2N7O. The van der Waals surface area contributed by atoms with Crippen molar-refractivity contribution in [1.82, 2.24) is 29.7 Å². The average Bonchev–Trinajstić information content (AvgIpc) is 3.37. The van der Waals surface area contributed by atoms with E-state index in [2.05, 4.69) is 39.6 Å². The number of nitrogens with one attached hydrogen (secondary N) is 2. The van der Waals surface area contributed by atoms with E-state index < -0.39 is 11.6 Å². The molecule has 8 nitrogen and oxygen atoms in total. The van der Waals surface area contributed by atoms with Crippen LogP contribution < -0.4 is 10.6 Å². The SMILES string of the molecule is Cc1ccc(Nc2ncc3ccn(-c4cc(F)c(CN5CCOCC5)c(F)c4)c3n2)cc1CN1CCNCC1. The van der Waals surface area contributed by atoms with E-state index in [1.165, 1.54) is 23.3 Å². The van der Waals surface area contributed by atoms with Gasteiger partial charge in [-0.25, -0.2) is 13.8 Å².